The minimum absolute atomic E-state index is 0.0809. The lowest BCUT2D eigenvalue weighted by Crippen LogP contribution is -2.17. The lowest BCUT2D eigenvalue weighted by atomic mass is 9.81. The Morgan fingerprint density at radius 3 is 2.71 bits per heavy atom. The number of rotatable bonds is 2. The third-order valence-electron chi connectivity index (χ3n) is 3.24. The molecule has 0 spiro atoms. The van der Waals surface area contributed by atoms with Gasteiger partial charge in [0.1, 0.15) is 0 Å². The Kier molecular flexibility index (Phi) is 2.84. The summed E-state index contributed by atoms with van der Waals surface area (Å²) in [7, 11) is 0. The van der Waals surface area contributed by atoms with Crippen LogP contribution < -0.4 is 0 Å². The highest BCUT2D eigenvalue weighted by molar-refractivity contribution is 6.14. The van der Waals surface area contributed by atoms with Crippen molar-refractivity contribution in [1.82, 2.24) is 0 Å². The maximum atomic E-state index is 12.4. The molecule has 0 atom stereocenters. The number of carbonyl (C=O) groups is 1. The molecule has 0 fully saturated rings. The highest BCUT2D eigenvalue weighted by Crippen LogP contribution is 2.31. The van der Waals surface area contributed by atoms with E-state index in [0.717, 1.165) is 39.8 Å². The number of carbonyl (C=O) groups excluding carboxylic acids is 1. The molecular weight excluding hydrogens is 208 g/mol. The molecule has 0 unspecified atom stereocenters. The third-order valence-corrected chi connectivity index (χ3v) is 3.24. The van der Waals surface area contributed by atoms with Crippen LogP contribution in [0.15, 0.2) is 54.2 Å². The quantitative estimate of drug-likeness (QED) is 0.747. The molecule has 1 aromatic rings. The number of Topliss-reactive ketones (excluding diaryl/α,β-unsaturated/α-hetero) is 1. The Bertz CT molecular complexity index is 559. The van der Waals surface area contributed by atoms with Crippen molar-refractivity contribution >= 4 is 5.78 Å². The van der Waals surface area contributed by atoms with Gasteiger partial charge in [0.2, 0.25) is 0 Å². The van der Waals surface area contributed by atoms with Crippen LogP contribution in [0, 0.1) is 6.92 Å². The molecular formula is C16H16O. The Labute approximate surface area is 102 Å². The van der Waals surface area contributed by atoms with Crippen LogP contribution in [0.3, 0.4) is 0 Å². The van der Waals surface area contributed by atoms with Gasteiger partial charge in [-0.3, -0.25) is 4.79 Å². The monoisotopic (exact) mass is 224 g/mol. The molecule has 0 N–H and O–H groups in total. The fourth-order valence-corrected chi connectivity index (χ4v) is 2.35. The number of allylic oxidation sites excluding steroid dienone is 4. The molecule has 0 amide bonds. The van der Waals surface area contributed by atoms with E-state index in [-0.39, 0.29) is 5.78 Å². The Morgan fingerprint density at radius 2 is 2.12 bits per heavy atom. The summed E-state index contributed by atoms with van der Waals surface area (Å²) >= 11 is 0. The SMILES string of the molecule is C=CC1=C(C(=C)C)C(=O)c2cccc(C)c2C1. The van der Waals surface area contributed by atoms with Gasteiger partial charge in [-0.2, -0.15) is 0 Å². The van der Waals surface area contributed by atoms with Crippen LogP contribution >= 0.6 is 0 Å². The van der Waals surface area contributed by atoms with Gasteiger partial charge in [-0.15, -0.1) is 0 Å². The van der Waals surface area contributed by atoms with E-state index < -0.39 is 0 Å². The predicted octanol–water partition coefficient (Wildman–Crippen LogP) is 3.79. The first-order chi connectivity index (χ1) is 8.06. The van der Waals surface area contributed by atoms with E-state index >= 15 is 0 Å². The van der Waals surface area contributed by atoms with Gasteiger partial charge in [0.25, 0.3) is 0 Å². The van der Waals surface area contributed by atoms with E-state index in [1.807, 2.05) is 32.0 Å². The number of fused-ring (bicyclic) bond motifs is 1. The van der Waals surface area contributed by atoms with Crippen molar-refractivity contribution in [2.24, 2.45) is 0 Å². The molecule has 1 nitrogen and oxygen atoms in total. The van der Waals surface area contributed by atoms with Crippen LogP contribution in [0.4, 0.5) is 0 Å². The van der Waals surface area contributed by atoms with Crippen molar-refractivity contribution in [3.8, 4) is 0 Å². The molecule has 1 aromatic carbocycles. The molecule has 1 heteroatoms. The summed E-state index contributed by atoms with van der Waals surface area (Å²) < 4.78 is 0. The Morgan fingerprint density at radius 1 is 1.41 bits per heavy atom. The van der Waals surface area contributed by atoms with E-state index in [2.05, 4.69) is 13.2 Å². The molecule has 1 aliphatic carbocycles. The smallest absolute Gasteiger partial charge is 0.193 e. The Balaban J connectivity index is 2.67. The summed E-state index contributed by atoms with van der Waals surface area (Å²) in [5, 5.41) is 0. The van der Waals surface area contributed by atoms with Crippen molar-refractivity contribution in [3.05, 3.63) is 70.8 Å². The molecule has 17 heavy (non-hydrogen) atoms. The van der Waals surface area contributed by atoms with Crippen LogP contribution in [0.25, 0.3) is 0 Å². The average molecular weight is 224 g/mol. The molecule has 0 saturated heterocycles. The molecule has 0 saturated carbocycles. The van der Waals surface area contributed by atoms with Gasteiger partial charge in [-0.1, -0.05) is 37.4 Å². The summed E-state index contributed by atoms with van der Waals surface area (Å²) in [4.78, 5) is 12.4. The van der Waals surface area contributed by atoms with Crippen molar-refractivity contribution in [1.29, 1.82) is 0 Å². The van der Waals surface area contributed by atoms with Gasteiger partial charge < -0.3 is 0 Å². The summed E-state index contributed by atoms with van der Waals surface area (Å²) in [6.07, 6.45) is 2.55. The Hall–Kier alpha value is -1.89. The van der Waals surface area contributed by atoms with E-state index in [0.29, 0.717) is 0 Å². The van der Waals surface area contributed by atoms with Gasteiger partial charge in [-0.25, -0.2) is 0 Å². The predicted molar refractivity (Wildman–Crippen MR) is 71.3 cm³/mol. The number of hydrogen-bond acceptors (Lipinski definition) is 1. The molecule has 0 aliphatic heterocycles. The zero-order valence-electron chi connectivity index (χ0n) is 10.3. The fourth-order valence-electron chi connectivity index (χ4n) is 2.35. The molecule has 0 aromatic heterocycles. The number of benzene rings is 1. The first-order valence-corrected chi connectivity index (χ1v) is 5.71. The lowest BCUT2D eigenvalue weighted by Gasteiger charge is -2.22. The van der Waals surface area contributed by atoms with Crippen molar-refractivity contribution in [2.75, 3.05) is 0 Å². The molecule has 1 aliphatic rings. The zero-order valence-corrected chi connectivity index (χ0v) is 10.3. The van der Waals surface area contributed by atoms with Crippen LogP contribution in [0.1, 0.15) is 28.4 Å². The summed E-state index contributed by atoms with van der Waals surface area (Å²) in [6, 6.07) is 5.87. The second-order valence-corrected chi connectivity index (χ2v) is 4.49. The van der Waals surface area contributed by atoms with E-state index in [1.165, 1.54) is 0 Å². The van der Waals surface area contributed by atoms with E-state index in [1.54, 1.807) is 6.08 Å². The first-order valence-electron chi connectivity index (χ1n) is 5.71. The zero-order chi connectivity index (χ0) is 12.6. The largest absolute Gasteiger partial charge is 0.289 e. The van der Waals surface area contributed by atoms with Crippen LogP contribution in [-0.2, 0) is 6.42 Å². The standard InChI is InChI=1S/C16H16O/c1-5-12-9-14-11(4)7-6-8-13(14)16(17)15(12)10(2)3/h5-8H,1-2,9H2,3-4H3. The van der Waals surface area contributed by atoms with Gasteiger partial charge in [0.05, 0.1) is 0 Å². The highest BCUT2D eigenvalue weighted by Gasteiger charge is 2.25. The van der Waals surface area contributed by atoms with E-state index in [9.17, 15) is 4.79 Å². The van der Waals surface area contributed by atoms with Crippen LogP contribution in [-0.4, -0.2) is 5.78 Å². The topological polar surface area (TPSA) is 17.1 Å². The molecule has 0 bridgehead atoms. The first kappa shape index (κ1) is 11.6. The molecule has 2 rings (SSSR count). The van der Waals surface area contributed by atoms with E-state index in [4.69, 9.17) is 0 Å². The molecule has 0 heterocycles. The minimum atomic E-state index is 0.0809. The minimum Gasteiger partial charge on any atom is -0.289 e. The molecule has 0 radical (unpaired) electrons. The van der Waals surface area contributed by atoms with Crippen molar-refractivity contribution < 1.29 is 4.79 Å². The number of ketones is 1. The average Bonchev–Trinajstić information content (AvgIpc) is 2.29. The second-order valence-electron chi connectivity index (χ2n) is 4.49. The third kappa shape index (κ3) is 1.78. The van der Waals surface area contributed by atoms with Gasteiger partial charge in [0, 0.05) is 11.1 Å². The summed E-state index contributed by atoms with van der Waals surface area (Å²) in [5.41, 5.74) is 5.64. The van der Waals surface area contributed by atoms with Crippen molar-refractivity contribution in [3.63, 3.8) is 0 Å². The van der Waals surface area contributed by atoms with Crippen LogP contribution in [0.2, 0.25) is 0 Å². The summed E-state index contributed by atoms with van der Waals surface area (Å²) in [6.45, 7) is 11.6. The fraction of sp³-hybridized carbons (Fsp3) is 0.188. The normalized spacial score (nSPS) is 14.6. The summed E-state index contributed by atoms with van der Waals surface area (Å²) in [5.74, 6) is 0.0809. The van der Waals surface area contributed by atoms with Gasteiger partial charge >= 0.3 is 0 Å². The maximum Gasteiger partial charge on any atom is 0.193 e. The number of hydrogen-bond donors (Lipinski definition) is 0. The molecule has 86 valence electrons. The van der Waals surface area contributed by atoms with Gasteiger partial charge in [-0.05, 0) is 42.5 Å². The highest BCUT2D eigenvalue weighted by atomic mass is 16.1. The lowest BCUT2D eigenvalue weighted by molar-refractivity contribution is 0.103. The maximum absolute atomic E-state index is 12.4. The second kappa shape index (κ2) is 4.17. The van der Waals surface area contributed by atoms with Gasteiger partial charge in [0.15, 0.2) is 5.78 Å². The van der Waals surface area contributed by atoms with Crippen molar-refractivity contribution in [2.45, 2.75) is 20.3 Å². The van der Waals surface area contributed by atoms with Crippen LogP contribution in [0.5, 0.6) is 0 Å². The number of aryl methyl sites for hydroxylation is 1.